The Balaban J connectivity index is 1.81. The van der Waals surface area contributed by atoms with Crippen molar-refractivity contribution in [2.45, 2.75) is 19.4 Å². The third kappa shape index (κ3) is 6.32. The molecule has 0 aliphatic heterocycles. The molecule has 0 heterocycles. The van der Waals surface area contributed by atoms with Crippen molar-refractivity contribution in [3.8, 4) is 5.75 Å². The van der Waals surface area contributed by atoms with Crippen molar-refractivity contribution in [3.63, 3.8) is 0 Å². The molecule has 0 aliphatic rings. The Hall–Kier alpha value is -2.01. The van der Waals surface area contributed by atoms with Gasteiger partial charge in [0.1, 0.15) is 12.4 Å². The third-order valence-electron chi connectivity index (χ3n) is 3.24. The van der Waals surface area contributed by atoms with Gasteiger partial charge in [0.2, 0.25) is 0 Å². The maximum Gasteiger partial charge on any atom is 0.406 e. The van der Waals surface area contributed by atoms with Gasteiger partial charge in [-0.3, -0.25) is 0 Å². The van der Waals surface area contributed by atoms with Crippen molar-refractivity contribution in [2.75, 3.05) is 13.7 Å². The summed E-state index contributed by atoms with van der Waals surface area (Å²) in [4.78, 5) is 11.0. The van der Waals surface area contributed by atoms with Crippen LogP contribution in [-0.4, -0.2) is 19.7 Å². The fourth-order valence-electron chi connectivity index (χ4n) is 2.10. The number of benzene rings is 2. The molecule has 0 spiro atoms. The highest BCUT2D eigenvalue weighted by Gasteiger charge is 2.01. The van der Waals surface area contributed by atoms with Crippen molar-refractivity contribution in [3.05, 3.63) is 64.1 Å². The van der Waals surface area contributed by atoms with E-state index in [4.69, 9.17) is 9.47 Å². The lowest BCUT2D eigenvalue weighted by Gasteiger charge is -2.09. The molecule has 0 aliphatic carbocycles. The Labute approximate surface area is 144 Å². The molecule has 1 amide bonds. The molecule has 0 radical (unpaired) electrons. The van der Waals surface area contributed by atoms with Crippen LogP contribution in [0, 0.1) is 0 Å². The molecule has 0 saturated heterocycles. The molecule has 0 saturated carbocycles. The number of hydrogen-bond acceptors (Lipinski definition) is 3. The quantitative estimate of drug-likeness (QED) is 0.731. The number of nitrogens with one attached hydrogen (secondary N) is 1. The largest absolute Gasteiger partial charge is 0.489 e. The molecule has 5 heteroatoms. The molecule has 2 aromatic rings. The van der Waals surface area contributed by atoms with E-state index in [9.17, 15) is 4.79 Å². The third-order valence-corrected chi connectivity index (χ3v) is 3.73. The van der Waals surface area contributed by atoms with E-state index in [0.717, 1.165) is 34.2 Å². The fraction of sp³-hybridized carbons (Fsp3) is 0.278. The first-order valence-corrected chi connectivity index (χ1v) is 8.27. The van der Waals surface area contributed by atoms with Crippen molar-refractivity contribution in [1.29, 1.82) is 0 Å². The van der Waals surface area contributed by atoms with Gasteiger partial charge in [-0.05, 0) is 48.2 Å². The summed E-state index contributed by atoms with van der Waals surface area (Å²) < 4.78 is 11.9. The second kappa shape index (κ2) is 9.20. The van der Waals surface area contributed by atoms with E-state index >= 15 is 0 Å². The van der Waals surface area contributed by atoms with Gasteiger partial charge in [-0.15, -0.1) is 0 Å². The summed E-state index contributed by atoms with van der Waals surface area (Å²) in [6.45, 7) is 0.936. The van der Waals surface area contributed by atoms with Crippen LogP contribution >= 0.6 is 15.9 Å². The summed E-state index contributed by atoms with van der Waals surface area (Å²) >= 11 is 3.45. The smallest absolute Gasteiger partial charge is 0.406 e. The summed E-state index contributed by atoms with van der Waals surface area (Å²) in [5, 5.41) is 2.42. The standard InChI is InChI=1S/C18H20BrNO3/c1-20-18(21)22-10-4-7-14-5-3-9-17(12-14)23-13-15-6-2-8-16(19)11-15/h2-3,5-6,8-9,11-12H,4,7,10,13H2,1H3,(H,20,21). The van der Waals surface area contributed by atoms with Gasteiger partial charge in [-0.25, -0.2) is 4.79 Å². The van der Waals surface area contributed by atoms with Crippen molar-refractivity contribution in [2.24, 2.45) is 0 Å². The monoisotopic (exact) mass is 377 g/mol. The molecule has 2 aromatic carbocycles. The van der Waals surface area contributed by atoms with E-state index in [2.05, 4.69) is 21.2 Å². The van der Waals surface area contributed by atoms with Crippen LogP contribution < -0.4 is 10.1 Å². The number of alkyl carbamates (subject to hydrolysis) is 1. The lowest BCUT2D eigenvalue weighted by Crippen LogP contribution is -2.19. The fourth-order valence-corrected chi connectivity index (χ4v) is 2.54. The zero-order valence-electron chi connectivity index (χ0n) is 13.0. The summed E-state index contributed by atoms with van der Waals surface area (Å²) in [6, 6.07) is 16.1. The number of amides is 1. The van der Waals surface area contributed by atoms with Gasteiger partial charge in [0.05, 0.1) is 6.61 Å². The Morgan fingerprint density at radius 3 is 2.70 bits per heavy atom. The molecule has 0 atom stereocenters. The average Bonchev–Trinajstić information content (AvgIpc) is 2.57. The summed E-state index contributed by atoms with van der Waals surface area (Å²) in [5.74, 6) is 0.842. The summed E-state index contributed by atoms with van der Waals surface area (Å²) in [5.41, 5.74) is 2.28. The van der Waals surface area contributed by atoms with Crippen molar-refractivity contribution >= 4 is 22.0 Å². The average molecular weight is 378 g/mol. The molecule has 4 nitrogen and oxygen atoms in total. The number of carbonyl (C=O) groups excluding carboxylic acids is 1. The van der Waals surface area contributed by atoms with Gasteiger partial charge >= 0.3 is 6.09 Å². The maximum absolute atomic E-state index is 11.0. The van der Waals surface area contributed by atoms with Gasteiger partial charge < -0.3 is 14.8 Å². The van der Waals surface area contributed by atoms with E-state index in [0.29, 0.717) is 13.2 Å². The predicted molar refractivity (Wildman–Crippen MR) is 93.6 cm³/mol. The number of halogens is 1. The van der Waals surface area contributed by atoms with Crippen LogP contribution in [0.4, 0.5) is 4.79 Å². The van der Waals surface area contributed by atoms with Crippen LogP contribution in [0.15, 0.2) is 53.0 Å². The minimum absolute atomic E-state index is 0.392. The van der Waals surface area contributed by atoms with Crippen LogP contribution in [0.2, 0.25) is 0 Å². The Morgan fingerprint density at radius 1 is 1.13 bits per heavy atom. The zero-order valence-corrected chi connectivity index (χ0v) is 14.6. The Morgan fingerprint density at radius 2 is 1.91 bits per heavy atom. The van der Waals surface area contributed by atoms with E-state index in [-0.39, 0.29) is 0 Å². The Bertz CT molecular complexity index is 646. The minimum Gasteiger partial charge on any atom is -0.489 e. The van der Waals surface area contributed by atoms with Crippen LogP contribution in [0.25, 0.3) is 0 Å². The predicted octanol–water partition coefficient (Wildman–Crippen LogP) is 4.32. The number of ether oxygens (including phenoxy) is 2. The molecular weight excluding hydrogens is 358 g/mol. The van der Waals surface area contributed by atoms with Gasteiger partial charge in [-0.2, -0.15) is 0 Å². The highest BCUT2D eigenvalue weighted by atomic mass is 79.9. The van der Waals surface area contributed by atoms with Crippen molar-refractivity contribution in [1.82, 2.24) is 5.32 Å². The molecule has 122 valence electrons. The SMILES string of the molecule is CNC(=O)OCCCc1cccc(OCc2cccc(Br)c2)c1. The molecule has 0 aromatic heterocycles. The molecule has 1 N–H and O–H groups in total. The van der Waals surface area contributed by atoms with Gasteiger partial charge in [0.25, 0.3) is 0 Å². The first-order chi connectivity index (χ1) is 11.2. The van der Waals surface area contributed by atoms with E-state index < -0.39 is 6.09 Å². The van der Waals surface area contributed by atoms with Crippen LogP contribution in [0.3, 0.4) is 0 Å². The first kappa shape index (κ1) is 17.3. The molecule has 0 bridgehead atoms. The van der Waals surface area contributed by atoms with Crippen LogP contribution in [0.5, 0.6) is 5.75 Å². The van der Waals surface area contributed by atoms with Crippen molar-refractivity contribution < 1.29 is 14.3 Å². The molecule has 2 rings (SSSR count). The van der Waals surface area contributed by atoms with Gasteiger partial charge in [0.15, 0.2) is 0 Å². The summed E-state index contributed by atoms with van der Waals surface area (Å²) in [6.07, 6.45) is 1.23. The molecular formula is C18H20BrNO3. The number of rotatable bonds is 7. The zero-order chi connectivity index (χ0) is 16.5. The summed E-state index contributed by atoms with van der Waals surface area (Å²) in [7, 11) is 1.55. The molecule has 0 unspecified atom stereocenters. The highest BCUT2D eigenvalue weighted by molar-refractivity contribution is 9.10. The second-order valence-corrected chi connectivity index (χ2v) is 5.97. The number of aryl methyl sites for hydroxylation is 1. The van der Waals surface area contributed by atoms with Crippen LogP contribution in [0.1, 0.15) is 17.5 Å². The number of hydrogen-bond donors (Lipinski definition) is 1. The first-order valence-electron chi connectivity index (χ1n) is 7.48. The van der Waals surface area contributed by atoms with Crippen LogP contribution in [-0.2, 0) is 17.8 Å². The van der Waals surface area contributed by atoms with E-state index in [1.165, 1.54) is 0 Å². The lowest BCUT2D eigenvalue weighted by molar-refractivity contribution is 0.147. The lowest BCUT2D eigenvalue weighted by atomic mass is 10.1. The second-order valence-electron chi connectivity index (χ2n) is 5.06. The minimum atomic E-state index is -0.392. The van der Waals surface area contributed by atoms with Gasteiger partial charge in [-0.1, -0.05) is 40.2 Å². The van der Waals surface area contributed by atoms with Gasteiger partial charge in [0, 0.05) is 11.5 Å². The number of carbonyl (C=O) groups is 1. The molecule has 23 heavy (non-hydrogen) atoms. The Kier molecular flexibility index (Phi) is 6.94. The van der Waals surface area contributed by atoms with E-state index in [1.807, 2.05) is 48.5 Å². The highest BCUT2D eigenvalue weighted by Crippen LogP contribution is 2.18. The maximum atomic E-state index is 11.0. The van der Waals surface area contributed by atoms with E-state index in [1.54, 1.807) is 7.05 Å². The normalized spacial score (nSPS) is 10.2. The topological polar surface area (TPSA) is 47.6 Å². The molecule has 0 fully saturated rings.